The lowest BCUT2D eigenvalue weighted by atomic mass is 9.85. The number of amides is 1. The Bertz CT molecular complexity index is 626. The molecule has 2 rings (SSSR count). The molecule has 1 amide bonds. The highest BCUT2D eigenvalue weighted by atomic mass is 19.4. The molecule has 1 fully saturated rings. The van der Waals surface area contributed by atoms with E-state index in [4.69, 9.17) is 4.74 Å². The molecule has 0 heterocycles. The lowest BCUT2D eigenvalue weighted by Crippen LogP contribution is -2.40. The number of alkyl halides is 3. The van der Waals surface area contributed by atoms with Gasteiger partial charge in [0.05, 0.1) is 23.5 Å². The Morgan fingerprint density at radius 3 is 2.42 bits per heavy atom. The van der Waals surface area contributed by atoms with Crippen LogP contribution in [0.2, 0.25) is 0 Å². The van der Waals surface area contributed by atoms with Gasteiger partial charge < -0.3 is 10.1 Å². The molecular formula is C15H17F3N2O4. The fraction of sp³-hybridized carbons (Fsp3) is 0.533. The van der Waals surface area contributed by atoms with Gasteiger partial charge in [0, 0.05) is 18.2 Å². The topological polar surface area (TPSA) is 81.5 Å². The van der Waals surface area contributed by atoms with Crippen LogP contribution >= 0.6 is 0 Å². The normalized spacial score (nSPS) is 21.2. The Kier molecular flexibility index (Phi) is 5.30. The molecule has 1 N–H and O–H groups in total. The number of carbonyl (C=O) groups is 1. The van der Waals surface area contributed by atoms with Gasteiger partial charge in [0.15, 0.2) is 0 Å². The summed E-state index contributed by atoms with van der Waals surface area (Å²) >= 11 is 0. The Morgan fingerprint density at radius 2 is 1.92 bits per heavy atom. The van der Waals surface area contributed by atoms with Crippen LogP contribution in [0, 0.1) is 16.0 Å². The summed E-state index contributed by atoms with van der Waals surface area (Å²) in [5, 5.41) is 13.5. The van der Waals surface area contributed by atoms with Crippen molar-refractivity contribution >= 4 is 11.6 Å². The van der Waals surface area contributed by atoms with Crippen molar-refractivity contribution in [2.75, 3.05) is 7.11 Å². The molecule has 1 aliphatic carbocycles. The van der Waals surface area contributed by atoms with Crippen LogP contribution in [0.3, 0.4) is 0 Å². The van der Waals surface area contributed by atoms with Crippen LogP contribution in [0.4, 0.5) is 18.9 Å². The number of rotatable bonds is 4. The minimum absolute atomic E-state index is 0.00959. The molecule has 0 atom stereocenters. The number of nitro groups is 1. The molecule has 0 unspecified atom stereocenters. The molecule has 1 aromatic carbocycles. The number of nitrogens with one attached hydrogen (secondary N) is 1. The summed E-state index contributed by atoms with van der Waals surface area (Å²) in [4.78, 5) is 22.5. The van der Waals surface area contributed by atoms with Crippen molar-refractivity contribution in [1.29, 1.82) is 0 Å². The van der Waals surface area contributed by atoms with Crippen LogP contribution in [-0.2, 0) is 0 Å². The van der Waals surface area contributed by atoms with E-state index in [1.807, 2.05) is 0 Å². The molecule has 0 aromatic heterocycles. The van der Waals surface area contributed by atoms with Crippen LogP contribution in [-0.4, -0.2) is 30.2 Å². The van der Waals surface area contributed by atoms with Crippen LogP contribution in [0.25, 0.3) is 0 Å². The largest absolute Gasteiger partial charge is 0.496 e. The lowest BCUT2D eigenvalue weighted by Gasteiger charge is -2.30. The number of nitro benzene ring substituents is 1. The van der Waals surface area contributed by atoms with Gasteiger partial charge in [-0.2, -0.15) is 13.2 Å². The highest BCUT2D eigenvalue weighted by molar-refractivity contribution is 5.97. The molecule has 1 aromatic rings. The van der Waals surface area contributed by atoms with Crippen molar-refractivity contribution < 1.29 is 27.6 Å². The van der Waals surface area contributed by atoms with Crippen molar-refractivity contribution in [2.45, 2.75) is 37.9 Å². The molecule has 6 nitrogen and oxygen atoms in total. The summed E-state index contributed by atoms with van der Waals surface area (Å²) in [5.41, 5.74) is -0.272. The van der Waals surface area contributed by atoms with Crippen molar-refractivity contribution in [3.63, 3.8) is 0 Å². The van der Waals surface area contributed by atoms with Gasteiger partial charge in [0.2, 0.25) is 0 Å². The van der Waals surface area contributed by atoms with E-state index >= 15 is 0 Å². The summed E-state index contributed by atoms with van der Waals surface area (Å²) in [6.07, 6.45) is -3.86. The first-order chi connectivity index (χ1) is 11.2. The second-order valence-electron chi connectivity index (χ2n) is 5.71. The minimum atomic E-state index is -4.21. The third-order valence-electron chi connectivity index (χ3n) is 4.16. The fourth-order valence-electron chi connectivity index (χ4n) is 2.82. The Hall–Kier alpha value is -2.32. The van der Waals surface area contributed by atoms with E-state index < -0.39 is 22.9 Å². The summed E-state index contributed by atoms with van der Waals surface area (Å²) in [6.45, 7) is 0. The molecular weight excluding hydrogens is 329 g/mol. The Labute approximate surface area is 136 Å². The van der Waals surface area contributed by atoms with Crippen LogP contribution in [0.15, 0.2) is 18.2 Å². The smallest absolute Gasteiger partial charge is 0.391 e. The Balaban J connectivity index is 2.05. The number of non-ortho nitro benzene ring substituents is 1. The Morgan fingerprint density at radius 1 is 1.29 bits per heavy atom. The van der Waals surface area contributed by atoms with Crippen molar-refractivity contribution in [2.24, 2.45) is 5.92 Å². The van der Waals surface area contributed by atoms with E-state index in [0.717, 1.165) is 6.07 Å². The second-order valence-corrected chi connectivity index (χ2v) is 5.71. The van der Waals surface area contributed by atoms with E-state index in [2.05, 4.69) is 5.32 Å². The minimum Gasteiger partial charge on any atom is -0.496 e. The maximum atomic E-state index is 12.6. The first-order valence-corrected chi connectivity index (χ1v) is 7.42. The van der Waals surface area contributed by atoms with Crippen LogP contribution in [0.5, 0.6) is 5.75 Å². The predicted molar refractivity (Wildman–Crippen MR) is 78.9 cm³/mol. The summed E-state index contributed by atoms with van der Waals surface area (Å²) in [6, 6.07) is 3.23. The summed E-state index contributed by atoms with van der Waals surface area (Å²) in [7, 11) is 1.33. The zero-order valence-corrected chi connectivity index (χ0v) is 12.9. The van der Waals surface area contributed by atoms with Crippen molar-refractivity contribution in [1.82, 2.24) is 5.32 Å². The SMILES string of the molecule is COc1ccc([N+](=O)[O-])cc1C(=O)NC1CCC(C(F)(F)F)CC1. The van der Waals surface area contributed by atoms with Gasteiger partial charge in [-0.1, -0.05) is 0 Å². The quantitative estimate of drug-likeness (QED) is 0.669. The molecule has 1 aliphatic rings. The third-order valence-corrected chi connectivity index (χ3v) is 4.16. The van der Waals surface area contributed by atoms with E-state index in [1.165, 1.54) is 19.2 Å². The number of hydrogen-bond acceptors (Lipinski definition) is 4. The van der Waals surface area contributed by atoms with E-state index in [1.54, 1.807) is 0 Å². The molecule has 9 heteroatoms. The lowest BCUT2D eigenvalue weighted by molar-refractivity contribution is -0.384. The van der Waals surface area contributed by atoms with Crippen LogP contribution < -0.4 is 10.1 Å². The van der Waals surface area contributed by atoms with Crippen molar-refractivity contribution in [3.05, 3.63) is 33.9 Å². The number of methoxy groups -OCH3 is 1. The molecule has 0 spiro atoms. The molecule has 0 bridgehead atoms. The number of hydrogen-bond donors (Lipinski definition) is 1. The van der Waals surface area contributed by atoms with Gasteiger partial charge in [0.25, 0.3) is 11.6 Å². The first kappa shape index (κ1) is 18.0. The van der Waals surface area contributed by atoms with Gasteiger partial charge in [0.1, 0.15) is 5.75 Å². The average Bonchev–Trinajstić information content (AvgIpc) is 2.53. The monoisotopic (exact) mass is 346 g/mol. The zero-order valence-electron chi connectivity index (χ0n) is 12.9. The second kappa shape index (κ2) is 7.06. The highest BCUT2D eigenvalue weighted by Crippen LogP contribution is 2.37. The molecule has 0 saturated heterocycles. The van der Waals surface area contributed by atoms with Gasteiger partial charge in [-0.3, -0.25) is 14.9 Å². The van der Waals surface area contributed by atoms with Crippen molar-refractivity contribution in [3.8, 4) is 5.75 Å². The number of benzene rings is 1. The number of carbonyl (C=O) groups excluding carboxylic acids is 1. The molecule has 1 saturated carbocycles. The van der Waals surface area contributed by atoms with Gasteiger partial charge in [-0.05, 0) is 31.7 Å². The molecule has 0 radical (unpaired) electrons. The van der Waals surface area contributed by atoms with Crippen LogP contribution in [0.1, 0.15) is 36.0 Å². The maximum Gasteiger partial charge on any atom is 0.391 e. The van der Waals surface area contributed by atoms with Gasteiger partial charge >= 0.3 is 6.18 Å². The standard InChI is InChI=1S/C15H17F3N2O4/c1-24-13-7-6-11(20(22)23)8-12(13)14(21)19-10-4-2-9(3-5-10)15(16,17)18/h6-10H,2-5H2,1H3,(H,19,21). The van der Waals surface area contributed by atoms with Gasteiger partial charge in [-0.25, -0.2) is 0 Å². The molecule has 24 heavy (non-hydrogen) atoms. The third kappa shape index (κ3) is 4.15. The summed E-state index contributed by atoms with van der Waals surface area (Å²) < 4.78 is 43.0. The number of ether oxygens (including phenoxy) is 1. The van der Waals surface area contributed by atoms with E-state index in [-0.39, 0.29) is 48.7 Å². The predicted octanol–water partition coefficient (Wildman–Crippen LogP) is 3.45. The highest BCUT2D eigenvalue weighted by Gasteiger charge is 2.41. The molecule has 132 valence electrons. The zero-order chi connectivity index (χ0) is 17.9. The fourth-order valence-corrected chi connectivity index (χ4v) is 2.82. The maximum absolute atomic E-state index is 12.6. The average molecular weight is 346 g/mol. The van der Waals surface area contributed by atoms with Gasteiger partial charge in [-0.15, -0.1) is 0 Å². The van der Waals surface area contributed by atoms with E-state index in [0.29, 0.717) is 0 Å². The van der Waals surface area contributed by atoms with E-state index in [9.17, 15) is 28.1 Å². The molecule has 0 aliphatic heterocycles. The number of nitrogens with zero attached hydrogens (tertiary/aromatic N) is 1. The summed E-state index contributed by atoms with van der Waals surface area (Å²) in [5.74, 6) is -1.76. The first-order valence-electron chi connectivity index (χ1n) is 7.42. The number of halogens is 3.